The van der Waals surface area contributed by atoms with Crippen molar-refractivity contribution >= 4 is 33.2 Å². The summed E-state index contributed by atoms with van der Waals surface area (Å²) in [7, 11) is 1.55. The zero-order valence-corrected chi connectivity index (χ0v) is 13.6. The SMILES string of the molecule is COc1cc(Br)ccc1C(=O)NCC(C)c1nccs1. The van der Waals surface area contributed by atoms with Crippen molar-refractivity contribution < 1.29 is 9.53 Å². The highest BCUT2D eigenvalue weighted by Gasteiger charge is 2.14. The zero-order valence-electron chi connectivity index (χ0n) is 11.2. The number of methoxy groups -OCH3 is 1. The first-order valence-electron chi connectivity index (χ1n) is 6.13. The summed E-state index contributed by atoms with van der Waals surface area (Å²) in [5, 5.41) is 5.87. The summed E-state index contributed by atoms with van der Waals surface area (Å²) in [5.41, 5.74) is 0.530. The van der Waals surface area contributed by atoms with Gasteiger partial charge in [0.2, 0.25) is 0 Å². The van der Waals surface area contributed by atoms with Gasteiger partial charge >= 0.3 is 0 Å². The molecule has 1 atom stereocenters. The van der Waals surface area contributed by atoms with Crippen LogP contribution in [-0.2, 0) is 0 Å². The van der Waals surface area contributed by atoms with Crippen LogP contribution in [0.3, 0.4) is 0 Å². The highest BCUT2D eigenvalue weighted by molar-refractivity contribution is 9.10. The van der Waals surface area contributed by atoms with Gasteiger partial charge in [0.05, 0.1) is 17.7 Å². The van der Waals surface area contributed by atoms with Crippen LogP contribution in [0.15, 0.2) is 34.2 Å². The number of hydrogen-bond donors (Lipinski definition) is 1. The highest BCUT2D eigenvalue weighted by atomic mass is 79.9. The van der Waals surface area contributed by atoms with Gasteiger partial charge in [-0.05, 0) is 18.2 Å². The molecule has 0 aliphatic rings. The van der Waals surface area contributed by atoms with E-state index < -0.39 is 0 Å². The van der Waals surface area contributed by atoms with Gasteiger partial charge in [0.25, 0.3) is 5.91 Å². The number of rotatable bonds is 5. The van der Waals surface area contributed by atoms with Crippen molar-refractivity contribution in [2.24, 2.45) is 0 Å². The Morgan fingerprint density at radius 2 is 2.35 bits per heavy atom. The van der Waals surface area contributed by atoms with Crippen molar-refractivity contribution in [3.63, 3.8) is 0 Å². The summed E-state index contributed by atoms with van der Waals surface area (Å²) >= 11 is 4.95. The van der Waals surface area contributed by atoms with Crippen molar-refractivity contribution in [1.82, 2.24) is 10.3 Å². The van der Waals surface area contributed by atoms with Crippen LogP contribution in [0.25, 0.3) is 0 Å². The van der Waals surface area contributed by atoms with E-state index in [0.29, 0.717) is 17.9 Å². The molecule has 20 heavy (non-hydrogen) atoms. The van der Waals surface area contributed by atoms with E-state index in [0.717, 1.165) is 9.48 Å². The monoisotopic (exact) mass is 354 g/mol. The summed E-state index contributed by atoms with van der Waals surface area (Å²) in [4.78, 5) is 16.4. The summed E-state index contributed by atoms with van der Waals surface area (Å²) in [5.74, 6) is 0.608. The van der Waals surface area contributed by atoms with Gasteiger partial charge in [0.15, 0.2) is 0 Å². The second kappa shape index (κ2) is 6.85. The molecule has 1 aromatic heterocycles. The fourth-order valence-electron chi connectivity index (χ4n) is 1.76. The third kappa shape index (κ3) is 3.58. The predicted octanol–water partition coefficient (Wildman–Crippen LogP) is 3.45. The topological polar surface area (TPSA) is 51.2 Å². The van der Waals surface area contributed by atoms with Crippen LogP contribution < -0.4 is 10.1 Å². The zero-order chi connectivity index (χ0) is 14.5. The smallest absolute Gasteiger partial charge is 0.255 e. The lowest BCUT2D eigenvalue weighted by Gasteiger charge is -2.12. The Morgan fingerprint density at radius 1 is 1.55 bits per heavy atom. The lowest BCUT2D eigenvalue weighted by atomic mass is 10.1. The molecule has 0 radical (unpaired) electrons. The summed E-state index contributed by atoms with van der Waals surface area (Å²) in [6.45, 7) is 2.59. The van der Waals surface area contributed by atoms with E-state index in [4.69, 9.17) is 4.74 Å². The van der Waals surface area contributed by atoms with Crippen LogP contribution in [-0.4, -0.2) is 24.5 Å². The average Bonchev–Trinajstić information content (AvgIpc) is 2.98. The van der Waals surface area contributed by atoms with E-state index in [-0.39, 0.29) is 11.8 Å². The quantitative estimate of drug-likeness (QED) is 0.894. The first-order chi connectivity index (χ1) is 9.61. The number of ether oxygens (including phenoxy) is 1. The van der Waals surface area contributed by atoms with Gasteiger partial charge in [0.1, 0.15) is 5.75 Å². The highest BCUT2D eigenvalue weighted by Crippen LogP contribution is 2.23. The maximum atomic E-state index is 12.2. The van der Waals surface area contributed by atoms with Crippen LogP contribution in [0.1, 0.15) is 28.2 Å². The molecule has 0 bridgehead atoms. The van der Waals surface area contributed by atoms with E-state index in [9.17, 15) is 4.79 Å². The van der Waals surface area contributed by atoms with Crippen LogP contribution in [0, 0.1) is 0 Å². The first kappa shape index (κ1) is 15.0. The molecule has 0 aliphatic carbocycles. The lowest BCUT2D eigenvalue weighted by molar-refractivity contribution is 0.0948. The minimum atomic E-state index is -0.141. The third-order valence-electron chi connectivity index (χ3n) is 2.85. The Hall–Kier alpha value is -1.40. The normalized spacial score (nSPS) is 11.9. The number of carbonyl (C=O) groups excluding carboxylic acids is 1. The van der Waals surface area contributed by atoms with Gasteiger partial charge < -0.3 is 10.1 Å². The Morgan fingerprint density at radius 3 is 3.00 bits per heavy atom. The minimum Gasteiger partial charge on any atom is -0.496 e. The number of amides is 1. The van der Waals surface area contributed by atoms with Gasteiger partial charge in [-0.15, -0.1) is 11.3 Å². The molecular weight excluding hydrogens is 340 g/mol. The molecule has 6 heteroatoms. The minimum absolute atomic E-state index is 0.141. The molecule has 4 nitrogen and oxygen atoms in total. The van der Waals surface area contributed by atoms with Crippen LogP contribution in [0.2, 0.25) is 0 Å². The fourth-order valence-corrected chi connectivity index (χ4v) is 2.80. The van der Waals surface area contributed by atoms with Crippen molar-refractivity contribution in [2.75, 3.05) is 13.7 Å². The second-order valence-electron chi connectivity index (χ2n) is 4.33. The number of nitrogens with zero attached hydrogens (tertiary/aromatic N) is 1. The van der Waals surface area contributed by atoms with E-state index in [2.05, 4.69) is 26.2 Å². The molecular formula is C14H15BrN2O2S. The van der Waals surface area contributed by atoms with E-state index in [1.54, 1.807) is 36.8 Å². The van der Waals surface area contributed by atoms with Crippen molar-refractivity contribution in [3.05, 3.63) is 44.8 Å². The van der Waals surface area contributed by atoms with Crippen LogP contribution >= 0.6 is 27.3 Å². The molecule has 106 valence electrons. The summed E-state index contributed by atoms with van der Waals surface area (Å²) in [6, 6.07) is 5.34. The van der Waals surface area contributed by atoms with E-state index in [1.165, 1.54) is 0 Å². The number of benzene rings is 1. The first-order valence-corrected chi connectivity index (χ1v) is 7.80. The molecule has 1 aromatic carbocycles. The van der Waals surface area contributed by atoms with Gasteiger partial charge in [0, 0.05) is 28.5 Å². The molecule has 0 aliphatic heterocycles. The van der Waals surface area contributed by atoms with Crippen molar-refractivity contribution in [3.8, 4) is 5.75 Å². The Kier molecular flexibility index (Phi) is 5.14. The molecule has 1 unspecified atom stereocenters. The molecule has 0 fully saturated rings. The third-order valence-corrected chi connectivity index (χ3v) is 4.35. The predicted molar refractivity (Wildman–Crippen MR) is 83.6 cm³/mol. The molecule has 1 amide bonds. The molecule has 2 rings (SSSR count). The maximum Gasteiger partial charge on any atom is 0.255 e. The Bertz CT molecular complexity index is 587. The molecule has 0 saturated heterocycles. The summed E-state index contributed by atoms with van der Waals surface area (Å²) in [6.07, 6.45) is 1.77. The molecule has 1 heterocycles. The number of hydrogen-bond acceptors (Lipinski definition) is 4. The second-order valence-corrected chi connectivity index (χ2v) is 6.17. The average molecular weight is 355 g/mol. The Labute approximate surface area is 130 Å². The lowest BCUT2D eigenvalue weighted by Crippen LogP contribution is -2.27. The fraction of sp³-hybridized carbons (Fsp3) is 0.286. The number of carbonyl (C=O) groups is 1. The van der Waals surface area contributed by atoms with Gasteiger partial charge in [-0.1, -0.05) is 22.9 Å². The standard InChI is InChI=1S/C14H15BrN2O2S/c1-9(14-16-5-6-20-14)8-17-13(18)11-4-3-10(15)7-12(11)19-2/h3-7,9H,8H2,1-2H3,(H,17,18). The maximum absolute atomic E-state index is 12.2. The molecule has 0 spiro atoms. The molecule has 1 N–H and O–H groups in total. The number of aromatic nitrogens is 1. The van der Waals surface area contributed by atoms with Gasteiger partial charge in [-0.25, -0.2) is 4.98 Å². The number of thiazole rings is 1. The number of nitrogens with one attached hydrogen (secondary N) is 1. The molecule has 0 saturated carbocycles. The largest absolute Gasteiger partial charge is 0.496 e. The van der Waals surface area contributed by atoms with Crippen molar-refractivity contribution in [1.29, 1.82) is 0 Å². The van der Waals surface area contributed by atoms with Crippen LogP contribution in [0.4, 0.5) is 0 Å². The number of halogens is 1. The van der Waals surface area contributed by atoms with Crippen LogP contribution in [0.5, 0.6) is 5.75 Å². The summed E-state index contributed by atoms with van der Waals surface area (Å²) < 4.78 is 6.10. The van der Waals surface area contributed by atoms with Crippen molar-refractivity contribution in [2.45, 2.75) is 12.8 Å². The molecule has 2 aromatic rings. The van der Waals surface area contributed by atoms with E-state index in [1.807, 2.05) is 18.4 Å². The van der Waals surface area contributed by atoms with Gasteiger partial charge in [-0.3, -0.25) is 4.79 Å². The van der Waals surface area contributed by atoms with E-state index >= 15 is 0 Å². The Balaban J connectivity index is 2.02. The van der Waals surface area contributed by atoms with Gasteiger partial charge in [-0.2, -0.15) is 0 Å².